The van der Waals surface area contributed by atoms with E-state index in [2.05, 4.69) is 19.2 Å². The average Bonchev–Trinajstić information content (AvgIpc) is 3.15. The molecule has 1 aromatic rings. The summed E-state index contributed by atoms with van der Waals surface area (Å²) in [5.41, 5.74) is 1.22. The topological polar surface area (TPSA) is 84.9 Å². The van der Waals surface area contributed by atoms with Gasteiger partial charge in [-0.15, -0.1) is 0 Å². The number of carbonyl (C=O) groups is 3. The van der Waals surface area contributed by atoms with E-state index >= 15 is 0 Å². The van der Waals surface area contributed by atoms with Crippen LogP contribution in [0.15, 0.2) is 24.3 Å². The minimum absolute atomic E-state index is 0.398. The van der Waals surface area contributed by atoms with Gasteiger partial charge >= 0.3 is 12.1 Å². The van der Waals surface area contributed by atoms with Crippen molar-refractivity contribution in [1.29, 1.82) is 0 Å². The van der Waals surface area contributed by atoms with Crippen LogP contribution in [0.5, 0.6) is 0 Å². The van der Waals surface area contributed by atoms with Gasteiger partial charge in [0.1, 0.15) is 11.6 Å². The molecule has 1 heterocycles. The Bertz CT molecular complexity index is 724. The van der Waals surface area contributed by atoms with E-state index in [-0.39, 0.29) is 0 Å². The van der Waals surface area contributed by atoms with Crippen LogP contribution in [0, 0.1) is 0 Å². The van der Waals surface area contributed by atoms with Crippen molar-refractivity contribution < 1.29 is 23.9 Å². The van der Waals surface area contributed by atoms with Gasteiger partial charge in [0.2, 0.25) is 0 Å². The number of carbonyl (C=O) groups excluding carboxylic acids is 3. The Morgan fingerprint density at radius 2 is 1.86 bits per heavy atom. The van der Waals surface area contributed by atoms with Gasteiger partial charge in [0.25, 0.3) is 5.91 Å². The molecule has 160 valence electrons. The van der Waals surface area contributed by atoms with Gasteiger partial charge in [-0.1, -0.05) is 26.0 Å². The molecule has 1 aromatic carbocycles. The van der Waals surface area contributed by atoms with Crippen LogP contribution in [0.25, 0.3) is 0 Å². The Morgan fingerprint density at radius 1 is 1.21 bits per heavy atom. The lowest BCUT2D eigenvalue weighted by molar-refractivity contribution is -0.151. The first-order chi connectivity index (χ1) is 13.6. The van der Waals surface area contributed by atoms with Crippen LogP contribution in [-0.2, 0) is 19.1 Å². The summed E-state index contributed by atoms with van der Waals surface area (Å²) in [6.45, 7) is 9.63. The average molecular weight is 405 g/mol. The molecule has 1 fully saturated rings. The third-order valence-corrected chi connectivity index (χ3v) is 4.87. The zero-order valence-corrected chi connectivity index (χ0v) is 18.0. The Labute approximate surface area is 172 Å². The number of hydrogen-bond acceptors (Lipinski definition) is 5. The number of rotatable bonds is 6. The van der Waals surface area contributed by atoms with Crippen LogP contribution < -0.4 is 5.32 Å². The molecule has 2 amide bonds. The van der Waals surface area contributed by atoms with Crippen LogP contribution in [0.2, 0.25) is 0 Å². The van der Waals surface area contributed by atoms with Crippen LogP contribution in [0.1, 0.15) is 65.4 Å². The molecule has 2 atom stereocenters. The van der Waals surface area contributed by atoms with Gasteiger partial charge in [-0.2, -0.15) is 0 Å². The maximum atomic E-state index is 12.4. The van der Waals surface area contributed by atoms with Crippen LogP contribution in [0.3, 0.4) is 0 Å². The fraction of sp³-hybridized carbons (Fsp3) is 0.591. The summed E-state index contributed by atoms with van der Waals surface area (Å²) in [4.78, 5) is 38.1. The third-order valence-electron chi connectivity index (χ3n) is 4.87. The maximum Gasteiger partial charge on any atom is 0.411 e. The second-order valence-electron chi connectivity index (χ2n) is 8.42. The van der Waals surface area contributed by atoms with E-state index in [9.17, 15) is 14.4 Å². The first-order valence-electron chi connectivity index (χ1n) is 10.2. The lowest BCUT2D eigenvalue weighted by Gasteiger charge is -2.27. The van der Waals surface area contributed by atoms with Crippen LogP contribution in [-0.4, -0.2) is 47.7 Å². The number of anilines is 1. The first-order valence-corrected chi connectivity index (χ1v) is 10.2. The number of esters is 1. The van der Waals surface area contributed by atoms with E-state index in [1.165, 1.54) is 10.5 Å². The molecule has 1 N–H and O–H groups in total. The third kappa shape index (κ3) is 6.76. The maximum absolute atomic E-state index is 12.4. The molecule has 0 aliphatic carbocycles. The van der Waals surface area contributed by atoms with Gasteiger partial charge in [0.05, 0.1) is 0 Å². The van der Waals surface area contributed by atoms with Gasteiger partial charge in [-0.3, -0.25) is 9.69 Å². The summed E-state index contributed by atoms with van der Waals surface area (Å²) in [7, 11) is 0. The zero-order chi connectivity index (χ0) is 21.6. The Kier molecular flexibility index (Phi) is 7.65. The van der Waals surface area contributed by atoms with Crippen molar-refractivity contribution in [3.05, 3.63) is 29.8 Å². The molecule has 29 heavy (non-hydrogen) atoms. The molecular formula is C22H32N2O5. The van der Waals surface area contributed by atoms with E-state index in [0.717, 1.165) is 6.42 Å². The molecule has 7 nitrogen and oxygen atoms in total. The summed E-state index contributed by atoms with van der Waals surface area (Å²) in [5, 5.41) is 2.72. The second kappa shape index (κ2) is 9.76. The van der Waals surface area contributed by atoms with Crippen molar-refractivity contribution in [2.75, 3.05) is 18.5 Å². The normalized spacial score (nSPS) is 17.6. The van der Waals surface area contributed by atoms with Gasteiger partial charge in [0, 0.05) is 12.2 Å². The van der Waals surface area contributed by atoms with Crippen molar-refractivity contribution in [2.24, 2.45) is 0 Å². The van der Waals surface area contributed by atoms with E-state index in [1.54, 1.807) is 20.8 Å². The highest BCUT2D eigenvalue weighted by atomic mass is 16.6. The van der Waals surface area contributed by atoms with Crippen LogP contribution >= 0.6 is 0 Å². The lowest BCUT2D eigenvalue weighted by atomic mass is 9.99. The van der Waals surface area contributed by atoms with E-state index in [4.69, 9.17) is 9.47 Å². The predicted octanol–water partition coefficient (Wildman–Crippen LogP) is 4.08. The highest BCUT2D eigenvalue weighted by Gasteiger charge is 2.37. The molecule has 1 aliphatic heterocycles. The predicted molar refractivity (Wildman–Crippen MR) is 111 cm³/mol. The molecule has 0 unspecified atom stereocenters. The van der Waals surface area contributed by atoms with Crippen molar-refractivity contribution in [1.82, 2.24) is 4.90 Å². The first kappa shape index (κ1) is 22.7. The van der Waals surface area contributed by atoms with E-state index in [1.807, 2.05) is 24.3 Å². The monoisotopic (exact) mass is 404 g/mol. The molecule has 0 spiro atoms. The minimum Gasteiger partial charge on any atom is -0.454 e. The molecule has 0 radical (unpaired) electrons. The second-order valence-corrected chi connectivity index (χ2v) is 8.42. The van der Waals surface area contributed by atoms with Crippen molar-refractivity contribution in [2.45, 2.75) is 71.4 Å². The number of likely N-dealkylation sites (tertiary alicyclic amines) is 1. The number of amides is 2. The fourth-order valence-corrected chi connectivity index (χ4v) is 3.11. The molecule has 1 saturated heterocycles. The van der Waals surface area contributed by atoms with E-state index in [0.29, 0.717) is 31.0 Å². The smallest absolute Gasteiger partial charge is 0.411 e. The Balaban J connectivity index is 1.84. The van der Waals surface area contributed by atoms with Crippen molar-refractivity contribution in [3.63, 3.8) is 0 Å². The van der Waals surface area contributed by atoms with Crippen molar-refractivity contribution >= 4 is 23.7 Å². The summed E-state index contributed by atoms with van der Waals surface area (Å²) in [6, 6.07) is 6.91. The number of benzene rings is 1. The highest BCUT2D eigenvalue weighted by Crippen LogP contribution is 2.22. The fourth-order valence-electron chi connectivity index (χ4n) is 3.11. The molecule has 1 aliphatic rings. The Hall–Kier alpha value is -2.57. The van der Waals surface area contributed by atoms with Crippen molar-refractivity contribution in [3.8, 4) is 0 Å². The van der Waals surface area contributed by atoms with Gasteiger partial charge in [0.15, 0.2) is 6.61 Å². The molecule has 7 heteroatoms. The molecule has 0 saturated carbocycles. The van der Waals surface area contributed by atoms with E-state index < -0.39 is 36.2 Å². The van der Waals surface area contributed by atoms with Gasteiger partial charge in [-0.25, -0.2) is 9.59 Å². The zero-order valence-electron chi connectivity index (χ0n) is 18.0. The van der Waals surface area contributed by atoms with Crippen LogP contribution in [0.4, 0.5) is 10.5 Å². The molecular weight excluding hydrogens is 372 g/mol. The number of nitrogens with one attached hydrogen (secondary N) is 1. The molecule has 2 rings (SSSR count). The highest BCUT2D eigenvalue weighted by molar-refractivity contribution is 5.93. The number of hydrogen-bond donors (Lipinski definition) is 1. The lowest BCUT2D eigenvalue weighted by Crippen LogP contribution is -2.44. The largest absolute Gasteiger partial charge is 0.454 e. The Morgan fingerprint density at radius 3 is 2.45 bits per heavy atom. The number of nitrogens with zero attached hydrogens (tertiary/aromatic N) is 1. The quantitative estimate of drug-likeness (QED) is 0.722. The molecule has 0 bridgehead atoms. The summed E-state index contributed by atoms with van der Waals surface area (Å²) in [6.07, 6.45) is 1.69. The van der Waals surface area contributed by atoms with Gasteiger partial charge in [-0.05, 0) is 63.6 Å². The molecule has 0 aromatic heterocycles. The SMILES string of the molecule is CC[C@@H](C)c1ccc(NC(=O)COC(=O)[C@@H]2CCCN2C(=O)OC(C)(C)C)cc1. The summed E-state index contributed by atoms with van der Waals surface area (Å²) in [5.74, 6) is -0.549. The standard InChI is InChI=1S/C22H32N2O5/c1-6-15(2)16-9-11-17(12-10-16)23-19(25)14-28-20(26)18-8-7-13-24(18)21(27)29-22(3,4)5/h9-12,15,18H,6-8,13-14H2,1-5H3,(H,23,25)/t15-,18+/m1/s1. The summed E-state index contributed by atoms with van der Waals surface area (Å²) >= 11 is 0. The van der Waals surface area contributed by atoms with Gasteiger partial charge < -0.3 is 14.8 Å². The number of ether oxygens (including phenoxy) is 2. The minimum atomic E-state index is -0.715. The summed E-state index contributed by atoms with van der Waals surface area (Å²) < 4.78 is 10.5.